The van der Waals surface area contributed by atoms with Gasteiger partial charge < -0.3 is 5.11 Å². The van der Waals surface area contributed by atoms with E-state index in [-0.39, 0.29) is 17.2 Å². The number of carbonyl (C=O) groups is 1. The predicted octanol–water partition coefficient (Wildman–Crippen LogP) is 1.95. The molecule has 0 saturated carbocycles. The van der Waals surface area contributed by atoms with Crippen LogP contribution in [0.2, 0.25) is 0 Å². The van der Waals surface area contributed by atoms with Crippen molar-refractivity contribution in [3.63, 3.8) is 0 Å². The first-order chi connectivity index (χ1) is 10.00. The first kappa shape index (κ1) is 14.2. The lowest BCUT2D eigenvalue weighted by atomic mass is 9.96. The molecule has 0 radical (unpaired) electrons. The van der Waals surface area contributed by atoms with Crippen LogP contribution < -0.4 is 0 Å². The summed E-state index contributed by atoms with van der Waals surface area (Å²) >= 11 is 1.10. The number of nitrogens with zero attached hydrogens (tertiary/aromatic N) is 1. The zero-order valence-corrected chi connectivity index (χ0v) is 12.6. The molecule has 1 aliphatic rings. The molecule has 0 saturated heterocycles. The number of sulfonamides is 1. The summed E-state index contributed by atoms with van der Waals surface area (Å²) in [6.07, 6.45) is 0.191. The molecule has 0 bridgehead atoms. The summed E-state index contributed by atoms with van der Waals surface area (Å²) in [6.45, 7) is 0.0906. The van der Waals surface area contributed by atoms with Gasteiger partial charge in [0.15, 0.2) is 0 Å². The Morgan fingerprint density at radius 3 is 2.52 bits per heavy atom. The van der Waals surface area contributed by atoms with Crippen molar-refractivity contribution in [2.24, 2.45) is 0 Å². The number of hydrogen-bond acceptors (Lipinski definition) is 4. The zero-order chi connectivity index (χ0) is 15.0. The van der Waals surface area contributed by atoms with Crippen LogP contribution in [-0.2, 0) is 27.8 Å². The lowest BCUT2D eigenvalue weighted by molar-refractivity contribution is -0.141. The van der Waals surface area contributed by atoms with Gasteiger partial charge in [-0.25, -0.2) is 8.42 Å². The summed E-state index contributed by atoms with van der Waals surface area (Å²) in [5, 5.41) is 11.1. The lowest BCUT2D eigenvalue weighted by Gasteiger charge is -2.33. The van der Waals surface area contributed by atoms with Gasteiger partial charge in [0, 0.05) is 13.0 Å². The maximum Gasteiger partial charge on any atom is 0.322 e. The number of aliphatic carboxylic acids is 1. The molecule has 0 aliphatic carbocycles. The van der Waals surface area contributed by atoms with Crippen molar-refractivity contribution in [1.29, 1.82) is 0 Å². The van der Waals surface area contributed by atoms with Crippen molar-refractivity contribution in [2.45, 2.75) is 23.2 Å². The first-order valence-corrected chi connectivity index (χ1v) is 8.67. The fraction of sp³-hybridized carbons (Fsp3) is 0.214. The van der Waals surface area contributed by atoms with Gasteiger partial charge in [-0.05, 0) is 22.6 Å². The highest BCUT2D eigenvalue weighted by Gasteiger charge is 2.39. The fourth-order valence-electron chi connectivity index (χ4n) is 2.49. The summed E-state index contributed by atoms with van der Waals surface area (Å²) in [5.41, 5.74) is 1.75. The zero-order valence-electron chi connectivity index (χ0n) is 11.0. The summed E-state index contributed by atoms with van der Waals surface area (Å²) < 4.78 is 26.6. The fourth-order valence-corrected chi connectivity index (χ4v) is 5.17. The van der Waals surface area contributed by atoms with Gasteiger partial charge >= 0.3 is 5.97 Å². The summed E-state index contributed by atoms with van der Waals surface area (Å²) in [5.74, 6) is -1.12. The Bertz CT molecular complexity index is 768. The topological polar surface area (TPSA) is 74.7 Å². The molecule has 21 heavy (non-hydrogen) atoms. The molecule has 5 nitrogen and oxygen atoms in total. The van der Waals surface area contributed by atoms with E-state index in [9.17, 15) is 18.3 Å². The van der Waals surface area contributed by atoms with Crippen LogP contribution in [0.4, 0.5) is 0 Å². The lowest BCUT2D eigenvalue weighted by Crippen LogP contribution is -2.48. The van der Waals surface area contributed by atoms with Crippen molar-refractivity contribution < 1.29 is 18.3 Å². The van der Waals surface area contributed by atoms with E-state index in [2.05, 4.69) is 0 Å². The van der Waals surface area contributed by atoms with E-state index in [1.807, 2.05) is 24.3 Å². The van der Waals surface area contributed by atoms with Gasteiger partial charge in [-0.3, -0.25) is 4.79 Å². The Balaban J connectivity index is 2.06. The molecule has 110 valence electrons. The number of fused-ring (bicyclic) bond motifs is 1. The molecular formula is C14H13NO4S2. The van der Waals surface area contributed by atoms with Gasteiger partial charge in [-0.15, -0.1) is 11.3 Å². The molecule has 0 unspecified atom stereocenters. The third kappa shape index (κ3) is 2.48. The van der Waals surface area contributed by atoms with Crippen LogP contribution in [0.15, 0.2) is 46.0 Å². The van der Waals surface area contributed by atoms with Crippen molar-refractivity contribution in [3.05, 3.63) is 52.9 Å². The van der Waals surface area contributed by atoms with E-state index in [4.69, 9.17) is 0 Å². The van der Waals surface area contributed by atoms with Gasteiger partial charge in [0.2, 0.25) is 0 Å². The number of rotatable bonds is 3. The minimum atomic E-state index is -3.78. The molecule has 1 aromatic carbocycles. The van der Waals surface area contributed by atoms with Crippen LogP contribution in [-0.4, -0.2) is 29.8 Å². The Labute approximate surface area is 126 Å². The first-order valence-electron chi connectivity index (χ1n) is 6.35. The van der Waals surface area contributed by atoms with Crippen molar-refractivity contribution >= 4 is 27.3 Å². The second-order valence-electron chi connectivity index (χ2n) is 4.81. The van der Waals surface area contributed by atoms with Gasteiger partial charge in [0.05, 0.1) is 0 Å². The summed E-state index contributed by atoms with van der Waals surface area (Å²) in [4.78, 5) is 11.5. The van der Waals surface area contributed by atoms with Crippen LogP contribution in [0, 0.1) is 0 Å². The monoisotopic (exact) mass is 323 g/mol. The molecule has 2 aromatic rings. The molecule has 0 amide bonds. The second-order valence-corrected chi connectivity index (χ2v) is 7.87. The Morgan fingerprint density at radius 1 is 1.19 bits per heavy atom. The van der Waals surface area contributed by atoms with Gasteiger partial charge in [-0.2, -0.15) is 4.31 Å². The Kier molecular flexibility index (Phi) is 3.56. The van der Waals surface area contributed by atoms with E-state index in [0.29, 0.717) is 0 Å². The molecule has 2 heterocycles. The maximum atomic E-state index is 12.6. The number of carboxylic acids is 1. The quantitative estimate of drug-likeness (QED) is 0.937. The standard InChI is InChI=1S/C14H13NO4S2/c16-14(17)12-8-10-4-1-2-5-11(10)9-15(12)21(18,19)13-6-3-7-20-13/h1-7,12H,8-9H2,(H,16,17)/t12-/m1/s1. The average molecular weight is 323 g/mol. The van der Waals surface area contributed by atoms with Gasteiger partial charge in [0.25, 0.3) is 10.0 Å². The molecule has 0 spiro atoms. The molecule has 7 heteroatoms. The van der Waals surface area contributed by atoms with Crippen LogP contribution in [0.3, 0.4) is 0 Å². The minimum Gasteiger partial charge on any atom is -0.480 e. The molecule has 1 aliphatic heterocycles. The van der Waals surface area contributed by atoms with Crippen molar-refractivity contribution in [2.75, 3.05) is 0 Å². The number of hydrogen-bond donors (Lipinski definition) is 1. The molecule has 3 rings (SSSR count). The highest BCUT2D eigenvalue weighted by molar-refractivity contribution is 7.91. The predicted molar refractivity (Wildman–Crippen MR) is 78.6 cm³/mol. The molecule has 1 N–H and O–H groups in total. The van der Waals surface area contributed by atoms with Crippen LogP contribution >= 0.6 is 11.3 Å². The van der Waals surface area contributed by atoms with E-state index < -0.39 is 22.0 Å². The Hall–Kier alpha value is -1.70. The minimum absolute atomic E-state index is 0.0906. The largest absolute Gasteiger partial charge is 0.480 e. The highest BCUT2D eigenvalue weighted by Crippen LogP contribution is 2.30. The van der Waals surface area contributed by atoms with E-state index >= 15 is 0 Å². The van der Waals surface area contributed by atoms with Gasteiger partial charge in [-0.1, -0.05) is 30.3 Å². The Morgan fingerprint density at radius 2 is 1.90 bits per heavy atom. The molecule has 1 atom stereocenters. The average Bonchev–Trinajstić information content (AvgIpc) is 3.00. The SMILES string of the molecule is O=C(O)[C@H]1Cc2ccccc2CN1S(=O)(=O)c1cccs1. The van der Waals surface area contributed by atoms with E-state index in [1.165, 1.54) is 6.07 Å². The van der Waals surface area contributed by atoms with E-state index in [0.717, 1.165) is 26.8 Å². The molecular weight excluding hydrogens is 310 g/mol. The smallest absolute Gasteiger partial charge is 0.322 e. The normalized spacial score (nSPS) is 19.1. The molecule has 0 fully saturated rings. The molecule has 1 aromatic heterocycles. The van der Waals surface area contributed by atoms with Crippen LogP contribution in [0.5, 0.6) is 0 Å². The van der Waals surface area contributed by atoms with E-state index in [1.54, 1.807) is 11.4 Å². The highest BCUT2D eigenvalue weighted by atomic mass is 32.2. The summed E-state index contributed by atoms with van der Waals surface area (Å²) in [6, 6.07) is 9.43. The number of benzene rings is 1. The van der Waals surface area contributed by atoms with Gasteiger partial charge in [0.1, 0.15) is 10.3 Å². The number of carboxylic acid groups (broad SMARTS) is 1. The van der Waals surface area contributed by atoms with Crippen LogP contribution in [0.1, 0.15) is 11.1 Å². The second kappa shape index (κ2) is 5.25. The van der Waals surface area contributed by atoms with Crippen LogP contribution in [0.25, 0.3) is 0 Å². The third-order valence-electron chi connectivity index (χ3n) is 3.55. The number of thiophene rings is 1. The van der Waals surface area contributed by atoms with Crippen molar-refractivity contribution in [3.8, 4) is 0 Å². The third-order valence-corrected chi connectivity index (χ3v) is 6.78. The van der Waals surface area contributed by atoms with Crippen molar-refractivity contribution in [1.82, 2.24) is 4.31 Å². The maximum absolute atomic E-state index is 12.6. The summed E-state index contributed by atoms with van der Waals surface area (Å²) in [7, 11) is -3.78.